The van der Waals surface area contributed by atoms with Gasteiger partial charge in [0.1, 0.15) is 5.75 Å². The van der Waals surface area contributed by atoms with Gasteiger partial charge in [-0.25, -0.2) is 0 Å². The SMILES string of the molecule is Cc1cc(CN2CCOC3CCCC32)cc(C)c1O. The molecule has 2 atom stereocenters. The number of nitrogens with zero attached hydrogens (tertiary/aromatic N) is 1. The first-order valence-corrected chi connectivity index (χ1v) is 7.30. The van der Waals surface area contributed by atoms with Gasteiger partial charge in [-0.1, -0.05) is 12.1 Å². The molecule has 2 unspecified atom stereocenters. The maximum absolute atomic E-state index is 9.85. The fourth-order valence-electron chi connectivity index (χ4n) is 3.57. The van der Waals surface area contributed by atoms with E-state index in [1.807, 2.05) is 13.8 Å². The summed E-state index contributed by atoms with van der Waals surface area (Å²) in [6.45, 7) is 6.82. The molecule has 3 rings (SSSR count). The zero-order valence-corrected chi connectivity index (χ0v) is 11.9. The van der Waals surface area contributed by atoms with Crippen molar-refractivity contribution in [3.63, 3.8) is 0 Å². The predicted molar refractivity (Wildman–Crippen MR) is 75.4 cm³/mol. The van der Waals surface area contributed by atoms with Crippen LogP contribution >= 0.6 is 0 Å². The summed E-state index contributed by atoms with van der Waals surface area (Å²) in [5, 5.41) is 9.85. The molecule has 2 aliphatic rings. The molecule has 1 saturated heterocycles. The summed E-state index contributed by atoms with van der Waals surface area (Å²) in [5.74, 6) is 0.435. The van der Waals surface area contributed by atoms with Crippen molar-refractivity contribution in [1.29, 1.82) is 0 Å². The van der Waals surface area contributed by atoms with Gasteiger partial charge in [-0.2, -0.15) is 0 Å². The number of phenols is 1. The summed E-state index contributed by atoms with van der Waals surface area (Å²) < 4.78 is 5.85. The first-order valence-electron chi connectivity index (χ1n) is 7.30. The number of ether oxygens (including phenoxy) is 1. The van der Waals surface area contributed by atoms with E-state index in [1.54, 1.807) is 0 Å². The zero-order valence-electron chi connectivity index (χ0n) is 11.9. The van der Waals surface area contributed by atoms with E-state index in [-0.39, 0.29) is 0 Å². The van der Waals surface area contributed by atoms with Crippen LogP contribution in [0.2, 0.25) is 0 Å². The molecule has 0 bridgehead atoms. The molecule has 1 saturated carbocycles. The molecule has 3 nitrogen and oxygen atoms in total. The van der Waals surface area contributed by atoms with Gasteiger partial charge in [0.15, 0.2) is 0 Å². The molecule has 104 valence electrons. The van der Waals surface area contributed by atoms with Crippen molar-refractivity contribution in [2.45, 2.75) is 51.8 Å². The van der Waals surface area contributed by atoms with Crippen LogP contribution in [0.15, 0.2) is 12.1 Å². The number of hydrogen-bond donors (Lipinski definition) is 1. The number of aryl methyl sites for hydroxylation is 2. The van der Waals surface area contributed by atoms with Crippen molar-refractivity contribution >= 4 is 0 Å². The van der Waals surface area contributed by atoms with Crippen LogP contribution in [0.5, 0.6) is 5.75 Å². The van der Waals surface area contributed by atoms with E-state index in [9.17, 15) is 5.11 Å². The van der Waals surface area contributed by atoms with Crippen molar-refractivity contribution in [2.24, 2.45) is 0 Å². The summed E-state index contributed by atoms with van der Waals surface area (Å²) in [4.78, 5) is 2.56. The molecule has 1 aliphatic carbocycles. The molecule has 1 aliphatic heterocycles. The molecule has 1 aromatic carbocycles. The summed E-state index contributed by atoms with van der Waals surface area (Å²) in [5.41, 5.74) is 3.26. The normalized spacial score (nSPS) is 27.5. The molecule has 0 radical (unpaired) electrons. The van der Waals surface area contributed by atoms with Crippen LogP contribution in [0.1, 0.15) is 36.0 Å². The third-order valence-electron chi connectivity index (χ3n) is 4.53. The lowest BCUT2D eigenvalue weighted by atomic mass is 10.0. The molecular weight excluding hydrogens is 238 g/mol. The Morgan fingerprint density at radius 1 is 1.26 bits per heavy atom. The van der Waals surface area contributed by atoms with Crippen molar-refractivity contribution in [3.05, 3.63) is 28.8 Å². The average Bonchev–Trinajstić information content (AvgIpc) is 2.85. The Labute approximate surface area is 115 Å². The van der Waals surface area contributed by atoms with Crippen LogP contribution in [0.4, 0.5) is 0 Å². The Kier molecular flexibility index (Phi) is 3.50. The smallest absolute Gasteiger partial charge is 0.121 e. The molecule has 1 N–H and O–H groups in total. The topological polar surface area (TPSA) is 32.7 Å². The molecular formula is C16H23NO2. The van der Waals surface area contributed by atoms with Crippen LogP contribution in [-0.2, 0) is 11.3 Å². The summed E-state index contributed by atoms with van der Waals surface area (Å²) >= 11 is 0. The molecule has 1 aromatic rings. The van der Waals surface area contributed by atoms with Gasteiger partial charge in [-0.15, -0.1) is 0 Å². The Hall–Kier alpha value is -1.06. The molecule has 3 heteroatoms. The second-order valence-corrected chi connectivity index (χ2v) is 5.96. The highest BCUT2D eigenvalue weighted by Gasteiger charge is 2.35. The molecule has 19 heavy (non-hydrogen) atoms. The predicted octanol–water partition coefficient (Wildman–Crippen LogP) is 2.76. The number of hydrogen-bond acceptors (Lipinski definition) is 3. The minimum absolute atomic E-state index is 0.435. The first-order chi connectivity index (χ1) is 9.15. The van der Waals surface area contributed by atoms with E-state index in [1.165, 1.54) is 24.8 Å². The molecule has 0 amide bonds. The number of benzene rings is 1. The van der Waals surface area contributed by atoms with Gasteiger partial charge in [0.05, 0.1) is 12.7 Å². The molecule has 0 aromatic heterocycles. The van der Waals surface area contributed by atoms with E-state index in [2.05, 4.69) is 17.0 Å². The lowest BCUT2D eigenvalue weighted by Crippen LogP contribution is -2.47. The highest BCUT2D eigenvalue weighted by Crippen LogP contribution is 2.31. The van der Waals surface area contributed by atoms with E-state index in [0.29, 0.717) is 17.9 Å². The maximum atomic E-state index is 9.85. The Balaban J connectivity index is 1.77. The Morgan fingerprint density at radius 3 is 2.74 bits per heavy atom. The number of fused-ring (bicyclic) bond motifs is 1. The van der Waals surface area contributed by atoms with E-state index in [4.69, 9.17) is 4.74 Å². The van der Waals surface area contributed by atoms with Crippen LogP contribution < -0.4 is 0 Å². The molecule has 0 spiro atoms. The van der Waals surface area contributed by atoms with Crippen molar-refractivity contribution in [2.75, 3.05) is 13.2 Å². The van der Waals surface area contributed by atoms with Gasteiger partial charge in [0, 0.05) is 19.1 Å². The fraction of sp³-hybridized carbons (Fsp3) is 0.625. The Bertz CT molecular complexity index is 449. The van der Waals surface area contributed by atoms with Crippen molar-refractivity contribution in [1.82, 2.24) is 4.90 Å². The largest absolute Gasteiger partial charge is 0.507 e. The van der Waals surface area contributed by atoms with Crippen molar-refractivity contribution in [3.8, 4) is 5.75 Å². The summed E-state index contributed by atoms with van der Waals surface area (Å²) in [6.07, 6.45) is 4.22. The van der Waals surface area contributed by atoms with Gasteiger partial charge >= 0.3 is 0 Å². The first kappa shape index (κ1) is 12.9. The summed E-state index contributed by atoms with van der Waals surface area (Å²) in [7, 11) is 0. The summed E-state index contributed by atoms with van der Waals surface area (Å²) in [6, 6.07) is 4.83. The quantitative estimate of drug-likeness (QED) is 0.888. The second kappa shape index (κ2) is 5.14. The van der Waals surface area contributed by atoms with Gasteiger partial charge in [0.25, 0.3) is 0 Å². The lowest BCUT2D eigenvalue weighted by Gasteiger charge is -2.37. The van der Waals surface area contributed by atoms with Crippen molar-refractivity contribution < 1.29 is 9.84 Å². The van der Waals surface area contributed by atoms with Crippen LogP contribution in [0.25, 0.3) is 0 Å². The third kappa shape index (κ3) is 2.49. The minimum Gasteiger partial charge on any atom is -0.507 e. The van der Waals surface area contributed by atoms with Crippen LogP contribution in [-0.4, -0.2) is 35.3 Å². The number of aromatic hydroxyl groups is 1. The zero-order chi connectivity index (χ0) is 13.4. The van der Waals surface area contributed by atoms with E-state index >= 15 is 0 Å². The Morgan fingerprint density at radius 2 is 2.00 bits per heavy atom. The van der Waals surface area contributed by atoms with Gasteiger partial charge < -0.3 is 9.84 Å². The van der Waals surface area contributed by atoms with E-state index in [0.717, 1.165) is 30.8 Å². The lowest BCUT2D eigenvalue weighted by molar-refractivity contribution is -0.0588. The van der Waals surface area contributed by atoms with Crippen LogP contribution in [0.3, 0.4) is 0 Å². The maximum Gasteiger partial charge on any atom is 0.121 e. The minimum atomic E-state index is 0.435. The van der Waals surface area contributed by atoms with E-state index < -0.39 is 0 Å². The highest BCUT2D eigenvalue weighted by molar-refractivity contribution is 5.42. The van der Waals surface area contributed by atoms with Gasteiger partial charge in [-0.05, 0) is 49.8 Å². The monoisotopic (exact) mass is 261 g/mol. The molecule has 2 fully saturated rings. The highest BCUT2D eigenvalue weighted by atomic mass is 16.5. The second-order valence-electron chi connectivity index (χ2n) is 5.96. The molecule has 1 heterocycles. The number of rotatable bonds is 2. The van der Waals surface area contributed by atoms with Gasteiger partial charge in [0.2, 0.25) is 0 Å². The fourth-order valence-corrected chi connectivity index (χ4v) is 3.57. The number of morpholine rings is 1. The number of phenolic OH excluding ortho intramolecular Hbond substituents is 1. The van der Waals surface area contributed by atoms with Gasteiger partial charge in [-0.3, -0.25) is 4.90 Å². The average molecular weight is 261 g/mol. The van der Waals surface area contributed by atoms with Crippen LogP contribution in [0, 0.1) is 13.8 Å². The standard InChI is InChI=1S/C16H23NO2/c1-11-8-13(9-12(2)16(11)18)10-17-6-7-19-15-5-3-4-14(15)17/h8-9,14-15,18H,3-7,10H2,1-2H3. The third-order valence-corrected chi connectivity index (χ3v) is 4.53.